The highest BCUT2D eigenvalue weighted by molar-refractivity contribution is 6.46. The van der Waals surface area contributed by atoms with Gasteiger partial charge in [0.25, 0.3) is 11.7 Å². The molecule has 28 heavy (non-hydrogen) atoms. The van der Waals surface area contributed by atoms with Crippen LogP contribution in [0.1, 0.15) is 17.2 Å². The summed E-state index contributed by atoms with van der Waals surface area (Å²) in [7, 11) is 5.42. The monoisotopic (exact) mass is 380 g/mol. The highest BCUT2D eigenvalue weighted by atomic mass is 16.5. The molecule has 1 aliphatic heterocycles. The Balaban J connectivity index is 2.12. The van der Waals surface area contributed by atoms with E-state index >= 15 is 0 Å². The molecular weight excluding hydrogens is 356 g/mol. The van der Waals surface area contributed by atoms with E-state index in [0.717, 1.165) is 11.3 Å². The second-order valence-electron chi connectivity index (χ2n) is 6.84. The van der Waals surface area contributed by atoms with Gasteiger partial charge in [-0.05, 0) is 17.7 Å². The van der Waals surface area contributed by atoms with Crippen molar-refractivity contribution in [1.82, 2.24) is 4.90 Å². The van der Waals surface area contributed by atoms with Crippen molar-refractivity contribution in [2.45, 2.75) is 6.04 Å². The number of ketones is 1. The van der Waals surface area contributed by atoms with Gasteiger partial charge in [0.2, 0.25) is 0 Å². The molecule has 1 heterocycles. The molecule has 1 fully saturated rings. The molecule has 0 aliphatic carbocycles. The number of hydrogen-bond acceptors (Lipinski definition) is 5. The van der Waals surface area contributed by atoms with Crippen LogP contribution in [0, 0.1) is 0 Å². The fraction of sp³-hybridized carbons (Fsp3) is 0.273. The maximum atomic E-state index is 12.8. The lowest BCUT2D eigenvalue weighted by atomic mass is 9.95. The summed E-state index contributed by atoms with van der Waals surface area (Å²) < 4.78 is 5.11. The number of ether oxygens (including phenoxy) is 1. The van der Waals surface area contributed by atoms with Gasteiger partial charge in [-0.2, -0.15) is 0 Å². The first-order valence-electron chi connectivity index (χ1n) is 9.05. The van der Waals surface area contributed by atoms with Crippen molar-refractivity contribution in [1.29, 1.82) is 0 Å². The van der Waals surface area contributed by atoms with Crippen LogP contribution in [-0.4, -0.2) is 56.1 Å². The summed E-state index contributed by atoms with van der Waals surface area (Å²) in [6, 6.07) is 15.7. The zero-order valence-corrected chi connectivity index (χ0v) is 16.3. The van der Waals surface area contributed by atoms with Crippen molar-refractivity contribution < 1.29 is 19.4 Å². The molecule has 0 radical (unpaired) electrons. The first kappa shape index (κ1) is 19.6. The van der Waals surface area contributed by atoms with Gasteiger partial charge in [0.05, 0.1) is 18.2 Å². The fourth-order valence-corrected chi connectivity index (χ4v) is 3.35. The summed E-state index contributed by atoms with van der Waals surface area (Å²) >= 11 is 0. The number of methoxy groups -OCH3 is 1. The number of aliphatic hydroxyl groups excluding tert-OH is 1. The number of benzene rings is 2. The Kier molecular flexibility index (Phi) is 5.80. The lowest BCUT2D eigenvalue weighted by molar-refractivity contribution is -0.140. The Morgan fingerprint density at radius 3 is 2.29 bits per heavy atom. The molecule has 1 N–H and O–H groups in total. The first-order valence-corrected chi connectivity index (χ1v) is 9.05. The minimum Gasteiger partial charge on any atom is -0.507 e. The van der Waals surface area contributed by atoms with Gasteiger partial charge in [-0.3, -0.25) is 9.59 Å². The fourth-order valence-electron chi connectivity index (χ4n) is 3.35. The maximum Gasteiger partial charge on any atom is 0.295 e. The predicted molar refractivity (Wildman–Crippen MR) is 108 cm³/mol. The van der Waals surface area contributed by atoms with Crippen LogP contribution in [0.25, 0.3) is 5.76 Å². The summed E-state index contributed by atoms with van der Waals surface area (Å²) in [6.07, 6.45) is 0. The van der Waals surface area contributed by atoms with Crippen molar-refractivity contribution in [3.05, 3.63) is 71.3 Å². The third-order valence-electron chi connectivity index (χ3n) is 4.85. The zero-order chi connectivity index (χ0) is 20.3. The number of Topliss-reactive ketones (excluding diaryl/α,β-unsaturated/α-hetero) is 1. The van der Waals surface area contributed by atoms with E-state index in [9.17, 15) is 14.7 Å². The molecule has 2 aromatic carbocycles. The molecule has 146 valence electrons. The lowest BCUT2D eigenvalue weighted by Crippen LogP contribution is -2.32. The number of carbonyl (C=O) groups excluding carboxylic acids is 2. The van der Waals surface area contributed by atoms with E-state index in [4.69, 9.17) is 4.74 Å². The average molecular weight is 380 g/mol. The standard InChI is InChI=1S/C22H24N2O4/c1-23(2)17-11-9-15(10-12-17)19-18(20(25)16-7-5-4-6-8-16)21(26)22(27)24(19)13-14-28-3/h4-12,19,25H,13-14H2,1-3H3/b20-18+. The Morgan fingerprint density at radius 1 is 1.07 bits per heavy atom. The smallest absolute Gasteiger partial charge is 0.295 e. The molecule has 0 spiro atoms. The number of amides is 1. The Bertz CT molecular complexity index is 889. The van der Waals surface area contributed by atoms with Gasteiger partial charge in [0, 0.05) is 39.0 Å². The number of hydrogen-bond donors (Lipinski definition) is 1. The Hall–Kier alpha value is -3.12. The number of likely N-dealkylation sites (tertiary alicyclic amines) is 1. The number of carbonyl (C=O) groups is 2. The van der Waals surface area contributed by atoms with Gasteiger partial charge in [0.15, 0.2) is 0 Å². The summed E-state index contributed by atoms with van der Waals surface area (Å²) in [5.41, 5.74) is 2.37. The lowest BCUT2D eigenvalue weighted by Gasteiger charge is -2.25. The van der Waals surface area contributed by atoms with Crippen molar-refractivity contribution in [3.8, 4) is 0 Å². The van der Waals surface area contributed by atoms with E-state index < -0.39 is 17.7 Å². The van der Waals surface area contributed by atoms with Crippen molar-refractivity contribution in [3.63, 3.8) is 0 Å². The van der Waals surface area contributed by atoms with E-state index in [1.54, 1.807) is 31.4 Å². The van der Waals surface area contributed by atoms with Gasteiger partial charge < -0.3 is 19.6 Å². The minimum atomic E-state index is -0.681. The summed E-state index contributed by atoms with van der Waals surface area (Å²) in [5, 5.41) is 10.9. The highest BCUT2D eigenvalue weighted by Gasteiger charge is 2.45. The molecule has 1 unspecified atom stereocenters. The van der Waals surface area contributed by atoms with Crippen molar-refractivity contribution in [2.75, 3.05) is 39.3 Å². The third-order valence-corrected chi connectivity index (χ3v) is 4.85. The molecule has 1 saturated heterocycles. The van der Waals surface area contributed by atoms with Crippen LogP contribution in [0.4, 0.5) is 5.69 Å². The van der Waals surface area contributed by atoms with Gasteiger partial charge in [0.1, 0.15) is 5.76 Å². The van der Waals surface area contributed by atoms with Crippen molar-refractivity contribution >= 4 is 23.1 Å². The third kappa shape index (κ3) is 3.64. The molecule has 0 aromatic heterocycles. The topological polar surface area (TPSA) is 70.1 Å². The minimum absolute atomic E-state index is 0.102. The molecule has 3 rings (SSSR count). The van der Waals surface area contributed by atoms with E-state index in [1.807, 2.05) is 49.3 Å². The van der Waals surface area contributed by atoms with Crippen molar-refractivity contribution in [2.24, 2.45) is 0 Å². The maximum absolute atomic E-state index is 12.8. The molecule has 0 saturated carbocycles. The van der Waals surface area contributed by atoms with Crippen LogP contribution in [0.5, 0.6) is 0 Å². The molecule has 6 nitrogen and oxygen atoms in total. The van der Waals surface area contributed by atoms with E-state index in [1.165, 1.54) is 4.90 Å². The second kappa shape index (κ2) is 8.27. The zero-order valence-electron chi connectivity index (χ0n) is 16.3. The Labute approximate surface area is 164 Å². The van der Waals surface area contributed by atoms with Crippen LogP contribution < -0.4 is 4.90 Å². The average Bonchev–Trinajstić information content (AvgIpc) is 2.97. The van der Waals surface area contributed by atoms with E-state index in [0.29, 0.717) is 12.2 Å². The first-order chi connectivity index (χ1) is 13.5. The van der Waals surface area contributed by atoms with Gasteiger partial charge in [-0.25, -0.2) is 0 Å². The molecule has 2 aromatic rings. The quantitative estimate of drug-likeness (QED) is 0.474. The molecule has 1 amide bonds. The Morgan fingerprint density at radius 2 is 1.71 bits per heavy atom. The number of nitrogens with zero attached hydrogens (tertiary/aromatic N) is 2. The van der Waals surface area contributed by atoms with Gasteiger partial charge >= 0.3 is 0 Å². The molecule has 0 bridgehead atoms. The van der Waals surface area contributed by atoms with Gasteiger partial charge in [-0.15, -0.1) is 0 Å². The molecule has 6 heteroatoms. The van der Waals surface area contributed by atoms with E-state index in [-0.39, 0.29) is 17.9 Å². The molecular formula is C22H24N2O4. The highest BCUT2D eigenvalue weighted by Crippen LogP contribution is 2.39. The van der Waals surface area contributed by atoms with Gasteiger partial charge in [-0.1, -0.05) is 42.5 Å². The number of anilines is 1. The molecule has 1 aliphatic rings. The predicted octanol–water partition coefficient (Wildman–Crippen LogP) is 2.82. The van der Waals surface area contributed by atoms with Crippen LogP contribution >= 0.6 is 0 Å². The summed E-state index contributed by atoms with van der Waals surface area (Å²) in [4.78, 5) is 28.9. The van der Waals surface area contributed by atoms with Crippen LogP contribution in [-0.2, 0) is 14.3 Å². The normalized spacial score (nSPS) is 18.5. The van der Waals surface area contributed by atoms with Crippen LogP contribution in [0.3, 0.4) is 0 Å². The number of aliphatic hydroxyl groups is 1. The van der Waals surface area contributed by atoms with E-state index in [2.05, 4.69) is 0 Å². The second-order valence-corrected chi connectivity index (χ2v) is 6.84. The SMILES string of the molecule is COCCN1C(=O)C(=O)/C(=C(/O)c2ccccc2)C1c1ccc(N(C)C)cc1. The largest absolute Gasteiger partial charge is 0.507 e. The van der Waals surface area contributed by atoms with Crippen LogP contribution in [0.2, 0.25) is 0 Å². The molecule has 1 atom stereocenters. The number of rotatable bonds is 6. The van der Waals surface area contributed by atoms with Crippen LogP contribution in [0.15, 0.2) is 60.2 Å². The summed E-state index contributed by atoms with van der Waals surface area (Å²) in [5.74, 6) is -1.48. The summed E-state index contributed by atoms with van der Waals surface area (Å²) in [6.45, 7) is 0.553.